The fraction of sp³-hybridized carbons (Fsp3) is 0. The maximum absolute atomic E-state index is 10.0. The topological polar surface area (TPSA) is 23.0 Å². The van der Waals surface area contributed by atoms with E-state index in [4.69, 9.17) is 23.6 Å². The zero-order valence-electron chi connectivity index (χ0n) is 47.9. The normalized spacial score (nSPS) is 18.0. The van der Waals surface area contributed by atoms with Gasteiger partial charge in [-0.05, 0) is 71.1 Å². The Morgan fingerprint density at radius 1 is 0.412 bits per heavy atom. The number of fused-ring (bicyclic) bond motifs is 9. The fourth-order valence-corrected chi connectivity index (χ4v) is 6.78. The second kappa shape index (κ2) is 10.8. The van der Waals surface area contributed by atoms with Crippen LogP contribution in [0, 0.1) is 0 Å². The summed E-state index contributed by atoms with van der Waals surface area (Å²) in [5, 5.41) is -1.39. The van der Waals surface area contributed by atoms with Crippen molar-refractivity contribution in [3.63, 3.8) is 0 Å². The zero-order chi connectivity index (χ0) is 52.6. The summed E-state index contributed by atoms with van der Waals surface area (Å²) in [5.74, 6) is 0. The maximum atomic E-state index is 10.0. The molecule has 238 valence electrons. The molecule has 3 aromatic heterocycles. The lowest BCUT2D eigenvalue weighted by Gasteiger charge is -2.12. The third-order valence-corrected chi connectivity index (χ3v) is 8.90. The lowest BCUT2D eigenvalue weighted by molar-refractivity contribution is 0.668. The van der Waals surface area contributed by atoms with Crippen molar-refractivity contribution in [3.8, 4) is 33.6 Å². The third kappa shape index (κ3) is 4.12. The first-order valence-corrected chi connectivity index (χ1v) is 15.6. The van der Waals surface area contributed by atoms with Crippen LogP contribution >= 0.6 is 0 Å². The minimum atomic E-state index is -0.761. The van der Waals surface area contributed by atoms with E-state index in [0.29, 0.717) is 5.69 Å². The first-order chi connectivity index (χ1) is 34.5. The number of furan rings is 1. The van der Waals surface area contributed by atoms with E-state index in [-0.39, 0.29) is 76.6 Å². The molecule has 0 bridgehead atoms. The average Bonchev–Trinajstić information content (AvgIpc) is 4.06. The molecule has 3 nitrogen and oxygen atoms in total. The van der Waals surface area contributed by atoms with Crippen LogP contribution in [0.1, 0.15) is 30.2 Å². The smallest absolute Gasteiger partial charge is 0.137 e. The summed E-state index contributed by atoms with van der Waals surface area (Å²) < 4.78 is 206. The van der Waals surface area contributed by atoms with Gasteiger partial charge in [0.15, 0.2) is 0 Å². The van der Waals surface area contributed by atoms with Gasteiger partial charge in [0.05, 0.1) is 52.2 Å². The van der Waals surface area contributed by atoms with E-state index >= 15 is 0 Å². The Kier molecular flexibility index (Phi) is 3.01. The molecule has 0 unspecified atom stereocenters. The van der Waals surface area contributed by atoms with Gasteiger partial charge in [0.25, 0.3) is 0 Å². The van der Waals surface area contributed by atoms with Crippen LogP contribution in [-0.4, -0.2) is 9.13 Å². The quantitative estimate of drug-likeness (QED) is 0.182. The molecule has 51 heavy (non-hydrogen) atoms. The Bertz CT molecular complexity index is 4400. The van der Waals surface area contributed by atoms with Crippen LogP contribution in [0.2, 0.25) is 0 Å². The fourth-order valence-electron chi connectivity index (χ4n) is 6.78. The van der Waals surface area contributed by atoms with Gasteiger partial charge in [-0.2, -0.15) is 0 Å². The number of nitrogens with zero attached hydrogens (tertiary/aromatic N) is 2. The van der Waals surface area contributed by atoms with E-state index in [2.05, 4.69) is 0 Å². The molecule has 0 fully saturated rings. The van der Waals surface area contributed by atoms with Crippen molar-refractivity contribution in [2.75, 3.05) is 0 Å². The molecule has 0 radical (unpaired) electrons. The molecule has 0 N–H and O–H groups in total. The highest BCUT2D eigenvalue weighted by molar-refractivity contribution is 6.16. The van der Waals surface area contributed by atoms with Gasteiger partial charge < -0.3 is 13.6 Å². The van der Waals surface area contributed by atoms with Crippen LogP contribution in [0.15, 0.2) is 186 Å². The molecule has 8 aromatic carbocycles. The van der Waals surface area contributed by atoms with Crippen LogP contribution in [0.5, 0.6) is 0 Å². The maximum Gasteiger partial charge on any atom is 0.137 e. The SMILES string of the molecule is [2H]c1cc(-c2c([2H])c([2H])c([2H])c3oc4c([2H])c(-n5c6ccc(-c7c([2H])c([2H])c([2H])c8c9c([2H])c([2H])c([2H])c([2H])c9n(-c9ccccc9)c78)c([2H])c6c6c([2H])c([2H])c([2H])c([2H])c65)c([2H])c([2H])c4c23)c([2H])c([2H])c1[2H]. The summed E-state index contributed by atoms with van der Waals surface area (Å²) in [6.07, 6.45) is 0. The minimum absolute atomic E-state index is 0.0420. The number of benzene rings is 8. The summed E-state index contributed by atoms with van der Waals surface area (Å²) >= 11 is 0. The molecule has 0 aliphatic rings. The number of hydrogen-bond acceptors (Lipinski definition) is 1. The Balaban J connectivity index is 1.30. The summed E-state index contributed by atoms with van der Waals surface area (Å²) in [6, 6.07) is -2.03. The molecule has 11 rings (SSSR count). The largest absolute Gasteiger partial charge is 0.456 e. The van der Waals surface area contributed by atoms with Crippen LogP contribution in [0.25, 0.3) is 99.2 Å². The summed E-state index contributed by atoms with van der Waals surface area (Å²) in [7, 11) is 0. The molecule has 0 spiro atoms. The van der Waals surface area contributed by atoms with Crippen LogP contribution < -0.4 is 0 Å². The molecule has 0 aliphatic heterocycles. The van der Waals surface area contributed by atoms with Gasteiger partial charge in [0, 0.05) is 55.3 Å². The van der Waals surface area contributed by atoms with Gasteiger partial charge in [-0.1, -0.05) is 121 Å². The second-order valence-electron chi connectivity index (χ2n) is 11.6. The molecular formula is C48H30N2O. The van der Waals surface area contributed by atoms with Crippen LogP contribution in [0.3, 0.4) is 0 Å². The van der Waals surface area contributed by atoms with Crippen molar-refractivity contribution < 1.29 is 34.6 Å². The Morgan fingerprint density at radius 3 is 2.04 bits per heavy atom. The van der Waals surface area contributed by atoms with Gasteiger partial charge in [-0.3, -0.25) is 0 Å². The van der Waals surface area contributed by atoms with Crippen molar-refractivity contribution in [1.82, 2.24) is 9.13 Å². The van der Waals surface area contributed by atoms with E-state index in [1.54, 1.807) is 30.3 Å². The molecular weight excluding hydrogens is 621 g/mol. The number of rotatable bonds is 4. The van der Waals surface area contributed by atoms with Gasteiger partial charge in [-0.25, -0.2) is 0 Å². The Hall–Kier alpha value is -6.84. The molecule has 0 amide bonds. The van der Waals surface area contributed by atoms with E-state index < -0.39 is 150 Å². The van der Waals surface area contributed by atoms with E-state index in [9.17, 15) is 11.0 Å². The second-order valence-corrected chi connectivity index (χ2v) is 11.6. The van der Waals surface area contributed by atoms with E-state index in [1.165, 1.54) is 16.7 Å². The molecule has 0 saturated heterocycles. The van der Waals surface area contributed by atoms with Gasteiger partial charge >= 0.3 is 0 Å². The molecule has 11 aromatic rings. The molecule has 0 saturated carbocycles. The monoisotopic (exact) mass is 672 g/mol. The predicted molar refractivity (Wildman–Crippen MR) is 213 cm³/mol. The van der Waals surface area contributed by atoms with Crippen LogP contribution in [-0.2, 0) is 0 Å². The lowest BCUT2D eigenvalue weighted by atomic mass is 9.99. The summed E-state index contributed by atoms with van der Waals surface area (Å²) in [5.41, 5.74) is -2.69. The first kappa shape index (κ1) is 14.2. The predicted octanol–water partition coefficient (Wildman–Crippen LogP) is 13.1. The summed E-state index contributed by atoms with van der Waals surface area (Å²) in [4.78, 5) is 0. The minimum Gasteiger partial charge on any atom is -0.456 e. The highest BCUT2D eigenvalue weighted by Crippen LogP contribution is 2.42. The van der Waals surface area contributed by atoms with Crippen molar-refractivity contribution in [1.29, 1.82) is 0 Å². The van der Waals surface area contributed by atoms with Gasteiger partial charge in [0.1, 0.15) is 11.2 Å². The molecule has 0 atom stereocenters. The number of hydrogen-bond donors (Lipinski definition) is 0. The first-order valence-electron chi connectivity index (χ1n) is 26.6. The van der Waals surface area contributed by atoms with Gasteiger partial charge in [-0.15, -0.1) is 0 Å². The highest BCUT2D eigenvalue weighted by Gasteiger charge is 2.19. The molecule has 3 heterocycles. The molecule has 0 aliphatic carbocycles. The Labute approximate surface area is 324 Å². The average molecular weight is 673 g/mol. The highest BCUT2D eigenvalue weighted by atomic mass is 16.3. The number of para-hydroxylation sites is 4. The van der Waals surface area contributed by atoms with Crippen LogP contribution in [0.4, 0.5) is 0 Å². The van der Waals surface area contributed by atoms with Gasteiger partial charge in [0.2, 0.25) is 0 Å². The van der Waals surface area contributed by atoms with E-state index in [0.717, 1.165) is 10.6 Å². The number of aromatic nitrogens is 2. The Morgan fingerprint density at radius 2 is 1.16 bits per heavy atom. The lowest BCUT2D eigenvalue weighted by Crippen LogP contribution is -1.95. The molecule has 3 heteroatoms. The summed E-state index contributed by atoms with van der Waals surface area (Å²) in [6.45, 7) is 0. The van der Waals surface area contributed by atoms with Crippen molar-refractivity contribution in [2.24, 2.45) is 0 Å². The zero-order valence-corrected chi connectivity index (χ0v) is 25.9. The van der Waals surface area contributed by atoms with Crippen molar-refractivity contribution in [3.05, 3.63) is 181 Å². The van der Waals surface area contributed by atoms with E-state index in [1.807, 2.05) is 0 Å². The van der Waals surface area contributed by atoms with Crippen molar-refractivity contribution >= 4 is 65.6 Å². The standard InChI is InChI=1S/C48H30N2O/c1-3-13-31(14-4-1)35-19-12-24-45-47(35)40-27-26-34(30-46(40)51-45)49-42-22-9-8-18-38(42)41-29-32(25-28-44(41)49)36-20-11-21-39-37-17-7-10-23-43(37)50(48(36)39)33-15-5-2-6-16-33/h1-30H/i1D,3D,4D,7D,8D,9D,10D,11D,12D,13D,17D,18D,19D,20D,21D,22D,23D,24D,26D,27D,29D,30D. The van der Waals surface area contributed by atoms with Crippen molar-refractivity contribution in [2.45, 2.75) is 0 Å². The third-order valence-electron chi connectivity index (χ3n) is 8.90.